The first-order chi connectivity index (χ1) is 6.08. The lowest BCUT2D eigenvalue weighted by atomic mass is 9.93. The molecule has 0 saturated carbocycles. The van der Waals surface area contributed by atoms with Crippen LogP contribution >= 0.6 is 0 Å². The molecule has 1 unspecified atom stereocenters. The molecule has 0 spiro atoms. The van der Waals surface area contributed by atoms with Crippen LogP contribution in [0.2, 0.25) is 0 Å². The molecule has 0 radical (unpaired) electrons. The summed E-state index contributed by atoms with van der Waals surface area (Å²) in [7, 11) is 2.14. The van der Waals surface area contributed by atoms with E-state index in [0.717, 1.165) is 25.9 Å². The average molecular weight is 186 g/mol. The van der Waals surface area contributed by atoms with E-state index < -0.39 is 0 Å². The van der Waals surface area contributed by atoms with E-state index in [4.69, 9.17) is 5.11 Å². The van der Waals surface area contributed by atoms with Gasteiger partial charge in [-0.25, -0.2) is 0 Å². The van der Waals surface area contributed by atoms with Gasteiger partial charge in [0.2, 0.25) is 0 Å². The zero-order valence-electron chi connectivity index (χ0n) is 9.01. The van der Waals surface area contributed by atoms with Crippen LogP contribution in [0.15, 0.2) is 0 Å². The topological polar surface area (TPSA) is 35.5 Å². The molecule has 1 rings (SSSR count). The van der Waals surface area contributed by atoms with Crippen LogP contribution in [0.5, 0.6) is 0 Å². The smallest absolute Gasteiger partial charge is 0.0449 e. The van der Waals surface area contributed by atoms with Crippen LogP contribution in [0.1, 0.15) is 26.7 Å². The summed E-state index contributed by atoms with van der Waals surface area (Å²) in [6.45, 7) is 6.81. The number of likely N-dealkylation sites (tertiary alicyclic amines) is 1. The third-order valence-corrected chi connectivity index (χ3v) is 2.73. The molecule has 3 heteroatoms. The quantitative estimate of drug-likeness (QED) is 0.669. The van der Waals surface area contributed by atoms with E-state index in [0.29, 0.717) is 6.04 Å². The van der Waals surface area contributed by atoms with Gasteiger partial charge in [-0.15, -0.1) is 0 Å². The summed E-state index contributed by atoms with van der Waals surface area (Å²) in [5, 5.41) is 12.6. The molecule has 13 heavy (non-hydrogen) atoms. The number of aliphatic hydroxyl groups excluding tert-OH is 1. The van der Waals surface area contributed by atoms with Crippen molar-refractivity contribution in [1.82, 2.24) is 10.2 Å². The Hall–Kier alpha value is -0.120. The van der Waals surface area contributed by atoms with Gasteiger partial charge in [0.15, 0.2) is 0 Å². The van der Waals surface area contributed by atoms with Crippen molar-refractivity contribution in [2.45, 2.75) is 38.3 Å². The highest BCUT2D eigenvalue weighted by molar-refractivity contribution is 4.96. The first-order valence-corrected chi connectivity index (χ1v) is 5.15. The van der Waals surface area contributed by atoms with Crippen LogP contribution in [0.3, 0.4) is 0 Å². The van der Waals surface area contributed by atoms with E-state index in [1.807, 2.05) is 0 Å². The number of nitrogens with zero attached hydrogens (tertiary/aromatic N) is 1. The molecule has 1 aliphatic rings. The summed E-state index contributed by atoms with van der Waals surface area (Å²) >= 11 is 0. The zero-order chi connectivity index (χ0) is 9.90. The maximum Gasteiger partial charge on any atom is 0.0449 e. The normalized spacial score (nSPS) is 30.2. The fraction of sp³-hybridized carbons (Fsp3) is 1.00. The van der Waals surface area contributed by atoms with Crippen molar-refractivity contribution >= 4 is 0 Å². The zero-order valence-corrected chi connectivity index (χ0v) is 9.01. The number of hydrogen-bond donors (Lipinski definition) is 2. The van der Waals surface area contributed by atoms with Gasteiger partial charge in [0.1, 0.15) is 0 Å². The number of hydrogen-bond acceptors (Lipinski definition) is 3. The summed E-state index contributed by atoms with van der Waals surface area (Å²) in [4.78, 5) is 2.32. The largest absolute Gasteiger partial charge is 0.396 e. The second kappa shape index (κ2) is 4.40. The second-order valence-electron chi connectivity index (χ2n) is 4.54. The van der Waals surface area contributed by atoms with Crippen LogP contribution in [0.4, 0.5) is 0 Å². The van der Waals surface area contributed by atoms with Crippen LogP contribution in [0, 0.1) is 0 Å². The Balaban J connectivity index is 2.54. The van der Waals surface area contributed by atoms with Gasteiger partial charge < -0.3 is 15.3 Å². The second-order valence-corrected chi connectivity index (χ2v) is 4.54. The maximum atomic E-state index is 9.03. The molecule has 0 aliphatic carbocycles. The van der Waals surface area contributed by atoms with Crippen LogP contribution < -0.4 is 5.32 Å². The molecule has 0 aromatic rings. The fourth-order valence-corrected chi connectivity index (χ4v) is 2.30. The maximum absolute atomic E-state index is 9.03. The highest BCUT2D eigenvalue weighted by Gasteiger charge is 2.35. The minimum absolute atomic E-state index is 0.164. The summed E-state index contributed by atoms with van der Waals surface area (Å²) < 4.78 is 0. The summed E-state index contributed by atoms with van der Waals surface area (Å²) in [5.74, 6) is 0. The summed E-state index contributed by atoms with van der Waals surface area (Å²) in [5.41, 5.74) is 0.164. The highest BCUT2D eigenvalue weighted by atomic mass is 16.3. The van der Waals surface area contributed by atoms with Crippen molar-refractivity contribution in [2.24, 2.45) is 0 Å². The summed E-state index contributed by atoms with van der Waals surface area (Å²) in [6, 6.07) is 0.498. The Bertz CT molecular complexity index is 157. The average Bonchev–Trinajstić information content (AvgIpc) is 2.31. The lowest BCUT2D eigenvalue weighted by Gasteiger charge is -2.32. The molecule has 0 aromatic carbocycles. The fourth-order valence-electron chi connectivity index (χ4n) is 2.30. The van der Waals surface area contributed by atoms with Gasteiger partial charge in [-0.1, -0.05) is 13.8 Å². The van der Waals surface area contributed by atoms with Crippen molar-refractivity contribution in [1.29, 1.82) is 0 Å². The van der Waals surface area contributed by atoms with E-state index in [2.05, 4.69) is 31.1 Å². The molecule has 1 atom stereocenters. The van der Waals surface area contributed by atoms with E-state index in [-0.39, 0.29) is 12.1 Å². The molecular formula is C10H22N2O. The van der Waals surface area contributed by atoms with Crippen molar-refractivity contribution in [3.8, 4) is 0 Å². The van der Waals surface area contributed by atoms with Gasteiger partial charge in [-0.05, 0) is 26.4 Å². The summed E-state index contributed by atoms with van der Waals surface area (Å²) in [6.07, 6.45) is 2.03. The van der Waals surface area contributed by atoms with Crippen molar-refractivity contribution < 1.29 is 5.11 Å². The van der Waals surface area contributed by atoms with E-state index in [1.54, 1.807) is 0 Å². The van der Waals surface area contributed by atoms with Gasteiger partial charge in [-0.3, -0.25) is 0 Å². The van der Waals surface area contributed by atoms with Gasteiger partial charge in [0, 0.05) is 24.7 Å². The monoisotopic (exact) mass is 186 g/mol. The minimum atomic E-state index is 0.164. The molecule has 0 bridgehead atoms. The number of rotatable bonds is 4. The molecule has 1 fully saturated rings. The first-order valence-electron chi connectivity index (χ1n) is 5.15. The van der Waals surface area contributed by atoms with Gasteiger partial charge in [-0.2, -0.15) is 0 Å². The first kappa shape index (κ1) is 11.0. The lowest BCUT2D eigenvalue weighted by Crippen LogP contribution is -2.50. The molecule has 3 nitrogen and oxygen atoms in total. The molecule has 0 amide bonds. The highest BCUT2D eigenvalue weighted by Crippen LogP contribution is 2.24. The van der Waals surface area contributed by atoms with E-state index in [1.165, 1.54) is 0 Å². The molecule has 0 aromatic heterocycles. The lowest BCUT2D eigenvalue weighted by molar-refractivity contribution is 0.201. The Kier molecular flexibility index (Phi) is 3.71. The Morgan fingerprint density at radius 3 is 2.62 bits per heavy atom. The predicted octanol–water partition coefficient (Wildman–Crippen LogP) is 0.441. The van der Waals surface area contributed by atoms with Crippen molar-refractivity contribution in [2.75, 3.05) is 26.7 Å². The van der Waals surface area contributed by atoms with Crippen LogP contribution in [-0.4, -0.2) is 48.3 Å². The molecule has 2 N–H and O–H groups in total. The molecule has 78 valence electrons. The Morgan fingerprint density at radius 1 is 1.54 bits per heavy atom. The Labute approximate surface area is 81.1 Å². The third kappa shape index (κ3) is 2.93. The van der Waals surface area contributed by atoms with Gasteiger partial charge in [0.05, 0.1) is 0 Å². The van der Waals surface area contributed by atoms with E-state index in [9.17, 15) is 0 Å². The molecule has 1 aliphatic heterocycles. The van der Waals surface area contributed by atoms with Crippen LogP contribution in [-0.2, 0) is 0 Å². The van der Waals surface area contributed by atoms with Crippen molar-refractivity contribution in [3.05, 3.63) is 0 Å². The third-order valence-electron chi connectivity index (χ3n) is 2.73. The minimum Gasteiger partial charge on any atom is -0.396 e. The molecule has 1 saturated heterocycles. The standard InChI is InChI=1S/C10H22N2O/c1-9(2)11-10(5-7-13)4-6-12(3)8-10/h9,11,13H,4-8H2,1-3H3. The predicted molar refractivity (Wildman–Crippen MR) is 54.8 cm³/mol. The molecular weight excluding hydrogens is 164 g/mol. The van der Waals surface area contributed by atoms with Gasteiger partial charge >= 0.3 is 0 Å². The number of aliphatic hydroxyl groups is 1. The van der Waals surface area contributed by atoms with E-state index >= 15 is 0 Å². The van der Waals surface area contributed by atoms with Crippen LogP contribution in [0.25, 0.3) is 0 Å². The Morgan fingerprint density at radius 2 is 2.23 bits per heavy atom. The number of nitrogens with one attached hydrogen (secondary N) is 1. The van der Waals surface area contributed by atoms with Crippen molar-refractivity contribution in [3.63, 3.8) is 0 Å². The van der Waals surface area contributed by atoms with Gasteiger partial charge in [0.25, 0.3) is 0 Å². The SMILES string of the molecule is CC(C)NC1(CCO)CCN(C)C1. The number of likely N-dealkylation sites (N-methyl/N-ethyl adjacent to an activating group) is 1. The molecule has 1 heterocycles.